The van der Waals surface area contributed by atoms with Crippen LogP contribution in [0.3, 0.4) is 0 Å². The fourth-order valence-corrected chi connectivity index (χ4v) is 5.44. The van der Waals surface area contributed by atoms with E-state index in [0.29, 0.717) is 11.1 Å². The monoisotopic (exact) mass is 494 g/mol. The molecule has 13 heteroatoms. The van der Waals surface area contributed by atoms with Gasteiger partial charge in [-0.05, 0) is 55.3 Å². The van der Waals surface area contributed by atoms with Crippen LogP contribution in [0.25, 0.3) is 10.9 Å². The van der Waals surface area contributed by atoms with Crippen molar-refractivity contribution in [1.29, 1.82) is 0 Å². The van der Waals surface area contributed by atoms with Gasteiger partial charge in [0.2, 0.25) is 9.84 Å². The number of carbonyl (C=O) groups excluding carboxylic acids is 1. The lowest BCUT2D eigenvalue weighted by Gasteiger charge is -2.11. The Morgan fingerprint density at radius 2 is 1.58 bits per heavy atom. The van der Waals surface area contributed by atoms with Gasteiger partial charge >= 0.3 is 15.5 Å². The van der Waals surface area contributed by atoms with Crippen LogP contribution in [0, 0.1) is 13.8 Å². The third-order valence-corrected chi connectivity index (χ3v) is 7.36. The van der Waals surface area contributed by atoms with E-state index in [1.165, 1.54) is 30.3 Å². The van der Waals surface area contributed by atoms with Crippen LogP contribution in [0.15, 0.2) is 46.2 Å². The number of aromatic nitrogens is 1. The summed E-state index contributed by atoms with van der Waals surface area (Å²) in [5, 5.41) is 0.0134. The molecule has 1 heterocycles. The first-order valence-electron chi connectivity index (χ1n) is 8.41. The molecule has 0 aliphatic heterocycles. The number of rotatable bonds is 4. The van der Waals surface area contributed by atoms with Crippen LogP contribution in [0.5, 0.6) is 0 Å². The molecule has 0 unspecified atom stereocenters. The van der Waals surface area contributed by atoms with E-state index < -0.39 is 41.9 Å². The van der Waals surface area contributed by atoms with Crippen LogP contribution in [-0.2, 0) is 19.9 Å². The molecule has 0 aliphatic rings. The van der Waals surface area contributed by atoms with Gasteiger partial charge in [-0.25, -0.2) is 13.1 Å². The SMILES string of the molecule is Cc1cc(C)cc(S(=O)(=O)c2c(C(=O)NS(=O)(=O)C(F)(F)F)[nH]c3ccc(Cl)cc23)c1. The molecule has 3 aromatic rings. The molecule has 0 aliphatic carbocycles. The molecule has 0 atom stereocenters. The minimum atomic E-state index is -6.07. The highest BCUT2D eigenvalue weighted by Gasteiger charge is 2.47. The zero-order chi connectivity index (χ0) is 23.4. The number of hydrogen-bond donors (Lipinski definition) is 2. The number of H-pyrrole nitrogens is 1. The molecule has 0 radical (unpaired) electrons. The maximum atomic E-state index is 13.4. The van der Waals surface area contributed by atoms with E-state index in [1.807, 2.05) is 0 Å². The van der Waals surface area contributed by atoms with E-state index in [1.54, 1.807) is 19.9 Å². The first-order chi connectivity index (χ1) is 14.1. The summed E-state index contributed by atoms with van der Waals surface area (Å²) in [5.41, 5.74) is -5.42. The second kappa shape index (κ2) is 7.53. The molecule has 31 heavy (non-hydrogen) atoms. The number of nitrogens with one attached hydrogen (secondary N) is 2. The normalized spacial score (nSPS) is 12.8. The van der Waals surface area contributed by atoms with Crippen LogP contribution < -0.4 is 4.72 Å². The molecule has 2 N–H and O–H groups in total. The fourth-order valence-electron chi connectivity index (χ4n) is 3.02. The Hall–Kier alpha value is -2.57. The highest BCUT2D eigenvalue weighted by Crippen LogP contribution is 2.34. The molecule has 0 spiro atoms. The lowest BCUT2D eigenvalue weighted by molar-refractivity contribution is -0.0446. The lowest BCUT2D eigenvalue weighted by atomic mass is 10.2. The molecule has 1 amide bonds. The van der Waals surface area contributed by atoms with E-state index in [9.17, 15) is 34.8 Å². The number of carbonyl (C=O) groups is 1. The number of sulfone groups is 1. The molecule has 0 bridgehead atoms. The summed E-state index contributed by atoms with van der Waals surface area (Å²) in [6.45, 7) is 3.28. The minimum Gasteiger partial charge on any atom is -0.349 e. The van der Waals surface area contributed by atoms with E-state index >= 15 is 0 Å². The van der Waals surface area contributed by atoms with Crippen LogP contribution in [0.2, 0.25) is 5.02 Å². The summed E-state index contributed by atoms with van der Waals surface area (Å²) < 4.78 is 88.5. The van der Waals surface area contributed by atoms with E-state index in [0.717, 1.165) is 4.72 Å². The van der Waals surface area contributed by atoms with Gasteiger partial charge in [0.1, 0.15) is 10.6 Å². The molecule has 0 saturated heterocycles. The number of alkyl halides is 3. The number of aryl methyl sites for hydroxylation is 2. The van der Waals surface area contributed by atoms with Gasteiger partial charge in [0.05, 0.1) is 4.90 Å². The largest absolute Gasteiger partial charge is 0.516 e. The molecule has 7 nitrogen and oxygen atoms in total. The predicted molar refractivity (Wildman–Crippen MR) is 107 cm³/mol. The van der Waals surface area contributed by atoms with Crippen molar-refractivity contribution < 1.29 is 34.8 Å². The Morgan fingerprint density at radius 1 is 1.00 bits per heavy atom. The summed E-state index contributed by atoms with van der Waals surface area (Å²) in [4.78, 5) is 14.0. The van der Waals surface area contributed by atoms with Crippen molar-refractivity contribution in [3.8, 4) is 0 Å². The number of fused-ring (bicyclic) bond motifs is 1. The second-order valence-electron chi connectivity index (χ2n) is 6.73. The maximum Gasteiger partial charge on any atom is 0.516 e. The zero-order valence-corrected chi connectivity index (χ0v) is 18.2. The quantitative estimate of drug-likeness (QED) is 0.572. The lowest BCUT2D eigenvalue weighted by Crippen LogP contribution is -2.40. The standard InChI is InChI=1S/C18H14ClF3N2O5S2/c1-9-5-10(2)7-12(6-9)30(26,27)16-13-8-11(19)3-4-14(13)23-15(16)17(25)24-31(28,29)18(20,21)22/h3-8,23H,1-2H3,(H,24,25). The van der Waals surface area contributed by atoms with Crippen LogP contribution in [0.4, 0.5) is 13.2 Å². The van der Waals surface area contributed by atoms with Crippen molar-refractivity contribution in [3.05, 3.63) is 58.2 Å². The Kier molecular flexibility index (Phi) is 5.61. The first kappa shape index (κ1) is 23.1. The van der Waals surface area contributed by atoms with Gasteiger partial charge in [-0.15, -0.1) is 0 Å². The van der Waals surface area contributed by atoms with Gasteiger partial charge in [-0.3, -0.25) is 4.79 Å². The average molecular weight is 495 g/mol. The van der Waals surface area contributed by atoms with Gasteiger partial charge in [-0.1, -0.05) is 17.7 Å². The zero-order valence-electron chi connectivity index (χ0n) is 15.8. The van der Waals surface area contributed by atoms with Crippen LogP contribution in [0.1, 0.15) is 21.6 Å². The number of halogens is 4. The van der Waals surface area contributed by atoms with Gasteiger partial charge in [0.15, 0.2) is 0 Å². The molecular formula is C18H14ClF3N2O5S2. The Bertz CT molecular complexity index is 1410. The summed E-state index contributed by atoms with van der Waals surface area (Å²) in [6, 6.07) is 8.22. The van der Waals surface area contributed by atoms with Gasteiger partial charge in [-0.2, -0.15) is 21.6 Å². The second-order valence-corrected chi connectivity index (χ2v) is 10.7. The van der Waals surface area contributed by atoms with E-state index in [4.69, 9.17) is 11.6 Å². The molecule has 3 rings (SSSR count). The number of amides is 1. The van der Waals surface area contributed by atoms with Gasteiger partial charge < -0.3 is 4.98 Å². The Labute approximate surface area is 180 Å². The van der Waals surface area contributed by atoms with Gasteiger partial charge in [0.25, 0.3) is 5.91 Å². The Morgan fingerprint density at radius 3 is 2.13 bits per heavy atom. The molecule has 1 aromatic heterocycles. The van der Waals surface area contributed by atoms with E-state index in [-0.39, 0.29) is 20.8 Å². The highest BCUT2D eigenvalue weighted by atomic mass is 35.5. The topological polar surface area (TPSA) is 113 Å². The van der Waals surface area contributed by atoms with Crippen molar-refractivity contribution in [2.45, 2.75) is 29.1 Å². The number of aromatic amines is 1. The third kappa shape index (κ3) is 4.27. The smallest absolute Gasteiger partial charge is 0.349 e. The van der Waals surface area contributed by atoms with Crippen LogP contribution >= 0.6 is 11.6 Å². The molecule has 0 saturated carbocycles. The number of benzene rings is 2. The number of hydrogen-bond acceptors (Lipinski definition) is 5. The van der Waals surface area contributed by atoms with E-state index in [2.05, 4.69) is 4.98 Å². The summed E-state index contributed by atoms with van der Waals surface area (Å²) in [5.74, 6) is -1.78. The fraction of sp³-hybridized carbons (Fsp3) is 0.167. The number of sulfonamides is 1. The van der Waals surface area contributed by atoms with Crippen molar-refractivity contribution in [3.63, 3.8) is 0 Å². The van der Waals surface area contributed by atoms with Crippen molar-refractivity contribution >= 4 is 48.3 Å². The maximum absolute atomic E-state index is 13.4. The van der Waals surface area contributed by atoms with Crippen molar-refractivity contribution in [1.82, 2.24) is 9.71 Å². The molecule has 166 valence electrons. The molecule has 2 aromatic carbocycles. The summed E-state index contributed by atoms with van der Waals surface area (Å²) in [7, 11) is -10.5. The molecular weight excluding hydrogens is 481 g/mol. The third-order valence-electron chi connectivity index (χ3n) is 4.25. The first-order valence-corrected chi connectivity index (χ1v) is 11.8. The molecule has 0 fully saturated rings. The Balaban J connectivity index is 2.30. The van der Waals surface area contributed by atoms with Crippen LogP contribution in [-0.4, -0.2) is 33.2 Å². The summed E-state index contributed by atoms with van der Waals surface area (Å²) in [6.07, 6.45) is 0. The van der Waals surface area contributed by atoms with Gasteiger partial charge in [0, 0.05) is 15.9 Å². The highest BCUT2D eigenvalue weighted by molar-refractivity contribution is 7.92. The summed E-state index contributed by atoms with van der Waals surface area (Å²) >= 11 is 5.94. The van der Waals surface area contributed by atoms with Crippen molar-refractivity contribution in [2.75, 3.05) is 0 Å². The predicted octanol–water partition coefficient (Wildman–Crippen LogP) is 3.85. The minimum absolute atomic E-state index is 0.0573. The average Bonchev–Trinajstić information content (AvgIpc) is 2.99. The van der Waals surface area contributed by atoms with Crippen molar-refractivity contribution in [2.24, 2.45) is 0 Å².